The van der Waals surface area contributed by atoms with Gasteiger partial charge in [0.1, 0.15) is 5.52 Å². The Morgan fingerprint density at radius 1 is 1.21 bits per heavy atom. The van der Waals surface area contributed by atoms with Gasteiger partial charge in [0.2, 0.25) is 5.82 Å². The van der Waals surface area contributed by atoms with Crippen molar-refractivity contribution in [2.45, 2.75) is 6.18 Å². The second-order valence-electron chi connectivity index (χ2n) is 4.35. The van der Waals surface area contributed by atoms with Crippen LogP contribution in [0.5, 0.6) is 0 Å². The van der Waals surface area contributed by atoms with Crippen LogP contribution in [-0.4, -0.2) is 41.1 Å². The Bertz CT molecular complexity index is 586. The van der Waals surface area contributed by atoms with Crippen molar-refractivity contribution in [3.05, 3.63) is 18.1 Å². The zero-order valence-electron chi connectivity index (χ0n) is 9.96. The number of piperazine rings is 1. The monoisotopic (exact) mass is 271 g/mol. The lowest BCUT2D eigenvalue weighted by Gasteiger charge is -2.29. The first-order valence-corrected chi connectivity index (χ1v) is 5.93. The molecule has 0 saturated carbocycles. The van der Waals surface area contributed by atoms with Crippen LogP contribution < -0.4 is 10.2 Å². The number of anilines is 1. The van der Waals surface area contributed by atoms with Crippen molar-refractivity contribution >= 4 is 16.9 Å². The summed E-state index contributed by atoms with van der Waals surface area (Å²) in [5, 5.41) is 3.20. The highest BCUT2D eigenvalue weighted by Crippen LogP contribution is 2.31. The number of nitrogens with one attached hydrogen (secondary N) is 2. The summed E-state index contributed by atoms with van der Waals surface area (Å²) in [6, 6.07) is 1.71. The molecule has 1 aliphatic heterocycles. The Morgan fingerprint density at radius 3 is 2.63 bits per heavy atom. The number of fused-ring (bicyclic) bond motifs is 1. The molecule has 2 N–H and O–H groups in total. The highest BCUT2D eigenvalue weighted by molar-refractivity contribution is 5.86. The van der Waals surface area contributed by atoms with Gasteiger partial charge in [0, 0.05) is 32.4 Å². The number of hydrogen-bond acceptors (Lipinski definition) is 4. The molecule has 102 valence electrons. The fourth-order valence-corrected chi connectivity index (χ4v) is 2.20. The fraction of sp³-hybridized carbons (Fsp3) is 0.455. The molecule has 0 atom stereocenters. The number of nitrogens with zero attached hydrogens (tertiary/aromatic N) is 3. The van der Waals surface area contributed by atoms with Crippen LogP contribution in [0.4, 0.5) is 18.9 Å². The maximum absolute atomic E-state index is 12.7. The molecule has 19 heavy (non-hydrogen) atoms. The van der Waals surface area contributed by atoms with Crippen molar-refractivity contribution in [1.82, 2.24) is 20.3 Å². The molecule has 3 heterocycles. The van der Waals surface area contributed by atoms with Crippen molar-refractivity contribution in [3.63, 3.8) is 0 Å². The van der Waals surface area contributed by atoms with E-state index in [4.69, 9.17) is 0 Å². The van der Waals surface area contributed by atoms with E-state index in [2.05, 4.69) is 20.3 Å². The second kappa shape index (κ2) is 4.37. The van der Waals surface area contributed by atoms with Crippen LogP contribution in [0.25, 0.3) is 11.2 Å². The molecule has 2 aromatic rings. The second-order valence-corrected chi connectivity index (χ2v) is 4.35. The number of rotatable bonds is 1. The first kappa shape index (κ1) is 12.2. The molecule has 0 amide bonds. The van der Waals surface area contributed by atoms with Crippen molar-refractivity contribution in [1.29, 1.82) is 0 Å². The first-order chi connectivity index (χ1) is 9.05. The SMILES string of the molecule is FC(F)(F)c1nc2nccc(N3CCNCC3)c2[nH]1. The zero-order chi connectivity index (χ0) is 13.5. The normalized spacial score (nSPS) is 17.1. The van der Waals surface area contributed by atoms with E-state index in [1.165, 1.54) is 6.20 Å². The zero-order valence-corrected chi connectivity index (χ0v) is 9.96. The van der Waals surface area contributed by atoms with E-state index in [9.17, 15) is 13.2 Å². The summed E-state index contributed by atoms with van der Waals surface area (Å²) in [5.74, 6) is -1.00. The molecule has 1 saturated heterocycles. The largest absolute Gasteiger partial charge is 0.449 e. The topological polar surface area (TPSA) is 56.8 Å². The van der Waals surface area contributed by atoms with Gasteiger partial charge in [-0.05, 0) is 6.07 Å². The molecule has 1 aliphatic rings. The van der Waals surface area contributed by atoms with Gasteiger partial charge >= 0.3 is 6.18 Å². The van der Waals surface area contributed by atoms with E-state index in [1.54, 1.807) is 6.07 Å². The van der Waals surface area contributed by atoms with Gasteiger partial charge in [0.05, 0.1) is 5.69 Å². The van der Waals surface area contributed by atoms with Gasteiger partial charge in [0.25, 0.3) is 0 Å². The van der Waals surface area contributed by atoms with Gasteiger partial charge < -0.3 is 15.2 Å². The van der Waals surface area contributed by atoms with Gasteiger partial charge in [-0.1, -0.05) is 0 Å². The molecule has 0 aromatic carbocycles. The highest BCUT2D eigenvalue weighted by atomic mass is 19.4. The Hall–Kier alpha value is -1.83. The molecule has 5 nitrogen and oxygen atoms in total. The van der Waals surface area contributed by atoms with Crippen molar-refractivity contribution in [2.24, 2.45) is 0 Å². The average Bonchev–Trinajstić information content (AvgIpc) is 2.83. The summed E-state index contributed by atoms with van der Waals surface area (Å²) in [7, 11) is 0. The summed E-state index contributed by atoms with van der Waals surface area (Å²) >= 11 is 0. The number of imidazole rings is 1. The molecule has 0 radical (unpaired) electrons. The third kappa shape index (κ3) is 2.23. The summed E-state index contributed by atoms with van der Waals surface area (Å²) in [6.45, 7) is 3.12. The number of aromatic nitrogens is 3. The molecule has 1 fully saturated rings. The summed E-state index contributed by atoms with van der Waals surface area (Å²) in [6.07, 6.45) is -3.00. The van der Waals surface area contributed by atoms with E-state index in [-0.39, 0.29) is 5.65 Å². The van der Waals surface area contributed by atoms with E-state index in [1.807, 2.05) is 4.90 Å². The summed E-state index contributed by atoms with van der Waals surface area (Å²) < 4.78 is 38.0. The molecule has 2 aromatic heterocycles. The summed E-state index contributed by atoms with van der Waals surface area (Å²) in [4.78, 5) is 11.8. The number of halogens is 3. The van der Waals surface area contributed by atoms with Gasteiger partial charge in [0.15, 0.2) is 5.65 Å². The maximum atomic E-state index is 12.7. The maximum Gasteiger partial charge on any atom is 0.449 e. The van der Waals surface area contributed by atoms with Gasteiger partial charge in [-0.3, -0.25) is 0 Å². The van der Waals surface area contributed by atoms with Crippen LogP contribution >= 0.6 is 0 Å². The van der Waals surface area contributed by atoms with E-state index in [0.717, 1.165) is 31.9 Å². The Labute approximate surface area is 106 Å². The molecule has 0 unspecified atom stereocenters. The lowest BCUT2D eigenvalue weighted by atomic mass is 10.2. The first-order valence-electron chi connectivity index (χ1n) is 5.93. The minimum absolute atomic E-state index is 0.100. The molecule has 3 rings (SSSR count). The Balaban J connectivity index is 2.07. The van der Waals surface area contributed by atoms with Crippen LogP contribution in [0.3, 0.4) is 0 Å². The average molecular weight is 271 g/mol. The Morgan fingerprint density at radius 2 is 1.95 bits per heavy atom. The van der Waals surface area contributed by atoms with Crippen LogP contribution in [0.15, 0.2) is 12.3 Å². The molecule has 0 aliphatic carbocycles. The lowest BCUT2D eigenvalue weighted by molar-refractivity contribution is -0.144. The van der Waals surface area contributed by atoms with Crippen molar-refractivity contribution in [2.75, 3.05) is 31.1 Å². The molecule has 8 heteroatoms. The summed E-state index contributed by atoms with van der Waals surface area (Å²) in [5.41, 5.74) is 1.16. The van der Waals surface area contributed by atoms with Crippen LogP contribution in [0.1, 0.15) is 5.82 Å². The van der Waals surface area contributed by atoms with E-state index >= 15 is 0 Å². The lowest BCUT2D eigenvalue weighted by Crippen LogP contribution is -2.43. The predicted octanol–water partition coefficient (Wildman–Crippen LogP) is 1.39. The van der Waals surface area contributed by atoms with Crippen LogP contribution in [0, 0.1) is 0 Å². The van der Waals surface area contributed by atoms with E-state index in [0.29, 0.717) is 5.52 Å². The molecular formula is C11H12F3N5. The van der Waals surface area contributed by atoms with Gasteiger partial charge in [-0.15, -0.1) is 0 Å². The van der Waals surface area contributed by atoms with Gasteiger partial charge in [-0.25, -0.2) is 9.97 Å². The van der Waals surface area contributed by atoms with Crippen molar-refractivity contribution < 1.29 is 13.2 Å². The van der Waals surface area contributed by atoms with Crippen LogP contribution in [-0.2, 0) is 6.18 Å². The highest BCUT2D eigenvalue weighted by Gasteiger charge is 2.35. The molecule has 0 bridgehead atoms. The third-order valence-electron chi connectivity index (χ3n) is 3.10. The van der Waals surface area contributed by atoms with Crippen LogP contribution in [0.2, 0.25) is 0 Å². The third-order valence-corrected chi connectivity index (χ3v) is 3.10. The van der Waals surface area contributed by atoms with Crippen molar-refractivity contribution in [3.8, 4) is 0 Å². The standard InChI is InChI=1S/C11H12F3N5/c12-11(13,14)10-17-8-7(1-2-16-9(8)18-10)19-5-3-15-4-6-19/h1-2,15H,3-6H2,(H,16,17,18). The van der Waals surface area contributed by atoms with E-state index < -0.39 is 12.0 Å². The minimum Gasteiger partial charge on any atom is -0.367 e. The molecule has 0 spiro atoms. The minimum atomic E-state index is -4.48. The number of H-pyrrole nitrogens is 1. The number of hydrogen-bond donors (Lipinski definition) is 2. The molecular weight excluding hydrogens is 259 g/mol. The number of aromatic amines is 1. The smallest absolute Gasteiger partial charge is 0.367 e. The van der Waals surface area contributed by atoms with Gasteiger partial charge in [-0.2, -0.15) is 13.2 Å². The fourth-order valence-electron chi connectivity index (χ4n) is 2.20. The quantitative estimate of drug-likeness (QED) is 0.823. The Kier molecular flexibility index (Phi) is 2.81. The number of alkyl halides is 3. The predicted molar refractivity (Wildman–Crippen MR) is 64.0 cm³/mol. The number of pyridine rings is 1.